The van der Waals surface area contributed by atoms with Gasteiger partial charge < -0.3 is 9.64 Å². The molecule has 1 aromatic heterocycles. The Labute approximate surface area is 106 Å². The fraction of sp³-hybridized carbons (Fsp3) is 0.143. The second kappa shape index (κ2) is 5.31. The number of hydrogen-bond acceptors (Lipinski definition) is 3. The fourth-order valence-electron chi connectivity index (χ4n) is 1.61. The van der Waals surface area contributed by atoms with E-state index in [-0.39, 0.29) is 5.91 Å². The number of hydrogen-bond donors (Lipinski definition) is 0. The minimum absolute atomic E-state index is 0.0896. The van der Waals surface area contributed by atoms with Gasteiger partial charge >= 0.3 is 0 Å². The number of ether oxygens (including phenoxy) is 1. The Bertz CT molecular complexity index is 523. The lowest BCUT2D eigenvalue weighted by molar-refractivity contribution is 0.0992. The van der Waals surface area contributed by atoms with Crippen LogP contribution in [0.15, 0.2) is 48.8 Å². The molecule has 0 atom stereocenters. The van der Waals surface area contributed by atoms with E-state index in [4.69, 9.17) is 4.74 Å². The Morgan fingerprint density at radius 3 is 2.50 bits per heavy atom. The van der Waals surface area contributed by atoms with Crippen molar-refractivity contribution in [3.8, 4) is 5.75 Å². The zero-order valence-electron chi connectivity index (χ0n) is 10.3. The third-order valence-electron chi connectivity index (χ3n) is 2.67. The zero-order chi connectivity index (χ0) is 13.0. The molecule has 0 N–H and O–H groups in total. The highest BCUT2D eigenvalue weighted by atomic mass is 16.5. The van der Waals surface area contributed by atoms with Crippen LogP contribution < -0.4 is 9.64 Å². The van der Waals surface area contributed by atoms with Crippen LogP contribution in [0.3, 0.4) is 0 Å². The summed E-state index contributed by atoms with van der Waals surface area (Å²) in [5.41, 5.74) is 1.38. The lowest BCUT2D eigenvalue weighted by Crippen LogP contribution is -2.26. The van der Waals surface area contributed by atoms with Gasteiger partial charge in [0.1, 0.15) is 5.75 Å². The quantitative estimate of drug-likeness (QED) is 0.829. The molecule has 0 aliphatic heterocycles. The summed E-state index contributed by atoms with van der Waals surface area (Å²) in [6, 6.07) is 10.8. The van der Waals surface area contributed by atoms with Gasteiger partial charge in [0, 0.05) is 25.1 Å². The summed E-state index contributed by atoms with van der Waals surface area (Å²) in [6.45, 7) is 0. The number of carbonyl (C=O) groups excluding carboxylic acids is 1. The van der Waals surface area contributed by atoms with Crippen molar-refractivity contribution in [1.29, 1.82) is 0 Å². The standard InChI is InChI=1S/C14H14N2O2/c1-16(12-5-7-13(18-2)8-6-12)14(17)11-4-3-9-15-10-11/h3-10H,1-2H3. The van der Waals surface area contributed by atoms with Crippen LogP contribution in [0, 0.1) is 0 Å². The van der Waals surface area contributed by atoms with E-state index in [0.29, 0.717) is 5.56 Å². The molecule has 2 rings (SSSR count). The van der Waals surface area contributed by atoms with E-state index in [1.54, 1.807) is 43.6 Å². The monoisotopic (exact) mass is 242 g/mol. The van der Waals surface area contributed by atoms with Crippen molar-refractivity contribution in [1.82, 2.24) is 4.98 Å². The maximum absolute atomic E-state index is 12.2. The molecular weight excluding hydrogens is 228 g/mol. The van der Waals surface area contributed by atoms with E-state index in [1.165, 1.54) is 0 Å². The molecule has 0 bridgehead atoms. The smallest absolute Gasteiger partial charge is 0.259 e. The highest BCUT2D eigenvalue weighted by molar-refractivity contribution is 6.05. The van der Waals surface area contributed by atoms with Gasteiger partial charge in [-0.05, 0) is 36.4 Å². The molecular formula is C14H14N2O2. The Kier molecular flexibility index (Phi) is 3.57. The minimum Gasteiger partial charge on any atom is -0.497 e. The second-order valence-corrected chi connectivity index (χ2v) is 3.80. The molecule has 0 spiro atoms. The molecule has 1 aromatic carbocycles. The number of benzene rings is 1. The molecule has 0 aliphatic rings. The van der Waals surface area contributed by atoms with Crippen LogP contribution in [0.1, 0.15) is 10.4 Å². The lowest BCUT2D eigenvalue weighted by Gasteiger charge is -2.17. The molecule has 0 unspecified atom stereocenters. The number of pyridine rings is 1. The van der Waals surface area contributed by atoms with Crippen molar-refractivity contribution in [3.63, 3.8) is 0 Å². The predicted octanol–water partition coefficient (Wildman–Crippen LogP) is 2.37. The number of methoxy groups -OCH3 is 1. The summed E-state index contributed by atoms with van der Waals surface area (Å²) in [4.78, 5) is 17.7. The van der Waals surface area contributed by atoms with Crippen LogP contribution in [-0.2, 0) is 0 Å². The number of anilines is 1. The largest absolute Gasteiger partial charge is 0.497 e. The molecule has 0 aliphatic carbocycles. The van der Waals surface area contributed by atoms with Crippen molar-refractivity contribution in [2.75, 3.05) is 19.1 Å². The highest BCUT2D eigenvalue weighted by Crippen LogP contribution is 2.19. The van der Waals surface area contributed by atoms with Gasteiger partial charge in [0.15, 0.2) is 0 Å². The molecule has 1 amide bonds. The first-order valence-corrected chi connectivity index (χ1v) is 5.54. The Balaban J connectivity index is 2.20. The molecule has 0 fully saturated rings. The minimum atomic E-state index is -0.0896. The van der Waals surface area contributed by atoms with Crippen molar-refractivity contribution < 1.29 is 9.53 Å². The molecule has 0 saturated carbocycles. The van der Waals surface area contributed by atoms with Gasteiger partial charge in [-0.15, -0.1) is 0 Å². The lowest BCUT2D eigenvalue weighted by atomic mass is 10.2. The van der Waals surface area contributed by atoms with E-state index in [2.05, 4.69) is 4.98 Å². The molecule has 0 radical (unpaired) electrons. The number of aromatic nitrogens is 1. The van der Waals surface area contributed by atoms with Gasteiger partial charge in [-0.1, -0.05) is 0 Å². The van der Waals surface area contributed by atoms with Gasteiger partial charge in [0.2, 0.25) is 0 Å². The van der Waals surface area contributed by atoms with Crippen LogP contribution in [0.4, 0.5) is 5.69 Å². The normalized spacial score (nSPS) is 9.89. The maximum atomic E-state index is 12.2. The first kappa shape index (κ1) is 12.1. The van der Waals surface area contributed by atoms with Crippen LogP contribution in [-0.4, -0.2) is 25.0 Å². The van der Waals surface area contributed by atoms with E-state index in [0.717, 1.165) is 11.4 Å². The first-order chi connectivity index (χ1) is 8.72. The van der Waals surface area contributed by atoms with E-state index in [9.17, 15) is 4.79 Å². The first-order valence-electron chi connectivity index (χ1n) is 5.54. The number of rotatable bonds is 3. The Morgan fingerprint density at radius 2 is 1.94 bits per heavy atom. The summed E-state index contributed by atoms with van der Waals surface area (Å²) in [5.74, 6) is 0.675. The predicted molar refractivity (Wildman–Crippen MR) is 70.0 cm³/mol. The third-order valence-corrected chi connectivity index (χ3v) is 2.67. The SMILES string of the molecule is COc1ccc(N(C)C(=O)c2cccnc2)cc1. The van der Waals surface area contributed by atoms with E-state index in [1.807, 2.05) is 24.3 Å². The van der Waals surface area contributed by atoms with Gasteiger partial charge in [-0.25, -0.2) is 0 Å². The van der Waals surface area contributed by atoms with Gasteiger partial charge in [-0.3, -0.25) is 9.78 Å². The van der Waals surface area contributed by atoms with E-state index >= 15 is 0 Å². The van der Waals surface area contributed by atoms with Crippen molar-refractivity contribution in [3.05, 3.63) is 54.4 Å². The summed E-state index contributed by atoms with van der Waals surface area (Å²) >= 11 is 0. The van der Waals surface area contributed by atoms with Crippen LogP contribution in [0.2, 0.25) is 0 Å². The summed E-state index contributed by atoms with van der Waals surface area (Å²) in [6.07, 6.45) is 3.20. The topological polar surface area (TPSA) is 42.4 Å². The molecule has 1 heterocycles. The maximum Gasteiger partial charge on any atom is 0.259 e. The number of carbonyl (C=O) groups is 1. The zero-order valence-corrected chi connectivity index (χ0v) is 10.3. The van der Waals surface area contributed by atoms with Gasteiger partial charge in [0.05, 0.1) is 12.7 Å². The van der Waals surface area contributed by atoms with Crippen LogP contribution in [0.5, 0.6) is 5.75 Å². The second-order valence-electron chi connectivity index (χ2n) is 3.80. The number of amides is 1. The molecule has 4 nitrogen and oxygen atoms in total. The average molecular weight is 242 g/mol. The summed E-state index contributed by atoms with van der Waals surface area (Å²) < 4.78 is 5.08. The molecule has 2 aromatic rings. The summed E-state index contributed by atoms with van der Waals surface area (Å²) in [5, 5.41) is 0. The van der Waals surface area contributed by atoms with Crippen LogP contribution in [0.25, 0.3) is 0 Å². The summed E-state index contributed by atoms with van der Waals surface area (Å²) in [7, 11) is 3.34. The number of nitrogens with zero attached hydrogens (tertiary/aromatic N) is 2. The molecule has 18 heavy (non-hydrogen) atoms. The van der Waals surface area contributed by atoms with Gasteiger partial charge in [0.25, 0.3) is 5.91 Å². The highest BCUT2D eigenvalue weighted by Gasteiger charge is 2.13. The van der Waals surface area contributed by atoms with Crippen molar-refractivity contribution in [2.45, 2.75) is 0 Å². The Morgan fingerprint density at radius 1 is 1.22 bits per heavy atom. The molecule has 92 valence electrons. The van der Waals surface area contributed by atoms with Crippen LogP contribution >= 0.6 is 0 Å². The van der Waals surface area contributed by atoms with Gasteiger partial charge in [-0.2, -0.15) is 0 Å². The van der Waals surface area contributed by atoms with E-state index < -0.39 is 0 Å². The van der Waals surface area contributed by atoms with Crippen molar-refractivity contribution in [2.24, 2.45) is 0 Å². The Hall–Kier alpha value is -2.36. The van der Waals surface area contributed by atoms with Crippen molar-refractivity contribution >= 4 is 11.6 Å². The third kappa shape index (κ3) is 2.48. The molecule has 0 saturated heterocycles. The molecule has 4 heteroatoms. The fourth-order valence-corrected chi connectivity index (χ4v) is 1.61. The average Bonchev–Trinajstić information content (AvgIpc) is 2.47.